The van der Waals surface area contributed by atoms with Gasteiger partial charge in [-0.3, -0.25) is 0 Å². The van der Waals surface area contributed by atoms with E-state index in [-0.39, 0.29) is 0 Å². The lowest BCUT2D eigenvalue weighted by Crippen LogP contribution is -2.00. The zero-order valence-corrected chi connectivity index (χ0v) is 18.3. The third kappa shape index (κ3) is 7.77. The molecule has 0 spiro atoms. The van der Waals surface area contributed by atoms with Crippen LogP contribution in [0.2, 0.25) is 0 Å². The molecule has 0 heteroatoms. The summed E-state index contributed by atoms with van der Waals surface area (Å²) in [6.07, 6.45) is 2.41. The summed E-state index contributed by atoms with van der Waals surface area (Å²) in [6, 6.07) is 17.6. The Bertz CT molecular complexity index is 574. The molecule has 2 aromatic rings. The molecular weight excluding hydrogens is 312 g/mol. The Morgan fingerprint density at radius 2 is 0.808 bits per heavy atom. The Morgan fingerprint density at radius 3 is 1.08 bits per heavy atom. The highest BCUT2D eigenvalue weighted by molar-refractivity contribution is 5.30. The van der Waals surface area contributed by atoms with E-state index < -0.39 is 0 Å². The fourth-order valence-electron chi connectivity index (χ4n) is 3.45. The zero-order chi connectivity index (χ0) is 19.7. The van der Waals surface area contributed by atoms with E-state index in [1.807, 2.05) is 0 Å². The van der Waals surface area contributed by atoms with Gasteiger partial charge < -0.3 is 0 Å². The molecule has 0 aliphatic rings. The maximum atomic E-state index is 2.27. The molecule has 0 radical (unpaired) electrons. The van der Waals surface area contributed by atoms with Crippen molar-refractivity contribution >= 4 is 0 Å². The highest BCUT2D eigenvalue weighted by atomic mass is 14.1. The number of benzene rings is 2. The molecule has 0 heterocycles. The molecular formula is C26H40. The number of hydrogen-bond acceptors (Lipinski definition) is 0. The Morgan fingerprint density at radius 1 is 0.500 bits per heavy atom. The van der Waals surface area contributed by atoms with Crippen LogP contribution in [-0.4, -0.2) is 0 Å². The van der Waals surface area contributed by atoms with Crippen molar-refractivity contribution in [1.29, 1.82) is 0 Å². The lowest BCUT2D eigenvalue weighted by atomic mass is 9.92. The maximum Gasteiger partial charge on any atom is -0.0216 e. The summed E-state index contributed by atoms with van der Waals surface area (Å²) in [5.74, 6) is 2.80. The first-order valence-corrected chi connectivity index (χ1v) is 10.4. The van der Waals surface area contributed by atoms with Crippen LogP contribution < -0.4 is 0 Å². The topological polar surface area (TPSA) is 0 Å². The smallest absolute Gasteiger partial charge is 0.0216 e. The number of rotatable bonds is 6. The molecule has 0 atom stereocenters. The van der Waals surface area contributed by atoms with Crippen LogP contribution in [0.15, 0.2) is 48.5 Å². The van der Waals surface area contributed by atoms with E-state index in [0.717, 1.165) is 11.8 Å². The van der Waals surface area contributed by atoms with Crippen molar-refractivity contribution < 1.29 is 0 Å². The van der Waals surface area contributed by atoms with Gasteiger partial charge in [-0.1, -0.05) is 104 Å². The maximum absolute atomic E-state index is 2.27. The minimum Gasteiger partial charge on any atom is -0.0625 e. The molecule has 2 rings (SSSR count). The molecule has 0 amide bonds. The van der Waals surface area contributed by atoms with Gasteiger partial charge in [0, 0.05) is 0 Å². The van der Waals surface area contributed by atoms with Crippen LogP contribution in [0.3, 0.4) is 0 Å². The molecule has 0 bridgehead atoms. The standard InChI is InChI=1S/2C13H20/c2*1-10(2)9-12-7-5-6-8-13(12)11(3)4/h2*5-8,10-11H,9H2,1-4H3. The van der Waals surface area contributed by atoms with E-state index >= 15 is 0 Å². The monoisotopic (exact) mass is 352 g/mol. The van der Waals surface area contributed by atoms with Gasteiger partial charge in [-0.2, -0.15) is 0 Å². The van der Waals surface area contributed by atoms with Gasteiger partial charge >= 0.3 is 0 Å². The van der Waals surface area contributed by atoms with E-state index in [1.165, 1.54) is 35.1 Å². The molecule has 0 aliphatic heterocycles. The second-order valence-corrected chi connectivity index (χ2v) is 8.90. The fraction of sp³-hybridized carbons (Fsp3) is 0.538. The average molecular weight is 353 g/mol. The molecule has 0 fully saturated rings. The van der Waals surface area contributed by atoms with Crippen LogP contribution in [0.5, 0.6) is 0 Å². The first-order valence-electron chi connectivity index (χ1n) is 10.4. The van der Waals surface area contributed by atoms with Crippen molar-refractivity contribution in [2.45, 2.75) is 80.1 Å². The van der Waals surface area contributed by atoms with Crippen LogP contribution in [-0.2, 0) is 12.8 Å². The van der Waals surface area contributed by atoms with E-state index in [9.17, 15) is 0 Å². The van der Waals surface area contributed by atoms with Crippen molar-refractivity contribution in [3.8, 4) is 0 Å². The number of hydrogen-bond donors (Lipinski definition) is 0. The zero-order valence-electron chi connectivity index (χ0n) is 18.3. The summed E-state index contributed by atoms with van der Waals surface area (Å²) >= 11 is 0. The molecule has 144 valence electrons. The molecule has 0 aromatic heterocycles. The molecule has 2 aromatic carbocycles. The summed E-state index contributed by atoms with van der Waals surface area (Å²) in [6.45, 7) is 18.2. The first-order chi connectivity index (χ1) is 12.2. The molecule has 0 nitrogen and oxygen atoms in total. The summed E-state index contributed by atoms with van der Waals surface area (Å²) in [5.41, 5.74) is 6.06. The van der Waals surface area contributed by atoms with Gasteiger partial charge in [-0.05, 0) is 58.8 Å². The second-order valence-electron chi connectivity index (χ2n) is 8.90. The normalized spacial score (nSPS) is 11.2. The summed E-state index contributed by atoms with van der Waals surface area (Å²) < 4.78 is 0. The average Bonchev–Trinajstić information content (AvgIpc) is 2.55. The Balaban J connectivity index is 0.000000260. The van der Waals surface area contributed by atoms with Gasteiger partial charge in [0.25, 0.3) is 0 Å². The van der Waals surface area contributed by atoms with E-state index in [4.69, 9.17) is 0 Å². The van der Waals surface area contributed by atoms with Crippen molar-refractivity contribution in [3.05, 3.63) is 70.8 Å². The van der Waals surface area contributed by atoms with Crippen LogP contribution in [0.1, 0.15) is 89.5 Å². The quantitative estimate of drug-likeness (QED) is 0.493. The Hall–Kier alpha value is -1.56. The summed E-state index contributed by atoms with van der Waals surface area (Å²) in [7, 11) is 0. The second kappa shape index (κ2) is 11.2. The van der Waals surface area contributed by atoms with Crippen molar-refractivity contribution in [2.75, 3.05) is 0 Å². The molecule has 0 saturated carbocycles. The summed E-state index contributed by atoms with van der Waals surface area (Å²) in [5, 5.41) is 0. The Kier molecular flexibility index (Phi) is 9.70. The van der Waals surface area contributed by atoms with E-state index in [0.29, 0.717) is 11.8 Å². The highest BCUT2D eigenvalue weighted by Gasteiger charge is 2.07. The van der Waals surface area contributed by atoms with Crippen molar-refractivity contribution in [3.63, 3.8) is 0 Å². The molecule has 0 aliphatic carbocycles. The largest absolute Gasteiger partial charge is 0.0625 e. The van der Waals surface area contributed by atoms with E-state index in [1.54, 1.807) is 0 Å². The predicted molar refractivity (Wildman–Crippen MR) is 118 cm³/mol. The minimum absolute atomic E-state index is 0.648. The molecule has 0 unspecified atom stereocenters. The Labute approximate surface area is 163 Å². The molecule has 0 saturated heterocycles. The van der Waals surface area contributed by atoms with Gasteiger partial charge in [-0.15, -0.1) is 0 Å². The van der Waals surface area contributed by atoms with Crippen LogP contribution in [0.25, 0.3) is 0 Å². The highest BCUT2D eigenvalue weighted by Crippen LogP contribution is 2.22. The third-order valence-electron chi connectivity index (χ3n) is 4.61. The fourth-order valence-corrected chi connectivity index (χ4v) is 3.45. The third-order valence-corrected chi connectivity index (χ3v) is 4.61. The lowest BCUT2D eigenvalue weighted by Gasteiger charge is -2.13. The van der Waals surface area contributed by atoms with Gasteiger partial charge in [0.15, 0.2) is 0 Å². The SMILES string of the molecule is CC(C)Cc1ccccc1C(C)C.CC(C)Cc1ccccc1C(C)C. The lowest BCUT2D eigenvalue weighted by molar-refractivity contribution is 0.638. The van der Waals surface area contributed by atoms with Crippen LogP contribution in [0, 0.1) is 11.8 Å². The van der Waals surface area contributed by atoms with Gasteiger partial charge in [0.05, 0.1) is 0 Å². The van der Waals surface area contributed by atoms with Crippen LogP contribution >= 0.6 is 0 Å². The first kappa shape index (κ1) is 22.5. The minimum atomic E-state index is 0.648. The summed E-state index contributed by atoms with van der Waals surface area (Å²) in [4.78, 5) is 0. The van der Waals surface area contributed by atoms with Crippen molar-refractivity contribution in [1.82, 2.24) is 0 Å². The van der Waals surface area contributed by atoms with Crippen molar-refractivity contribution in [2.24, 2.45) is 11.8 Å². The van der Waals surface area contributed by atoms with Crippen LogP contribution in [0.4, 0.5) is 0 Å². The van der Waals surface area contributed by atoms with Gasteiger partial charge in [-0.25, -0.2) is 0 Å². The predicted octanol–water partition coefficient (Wildman–Crippen LogP) is 8.02. The van der Waals surface area contributed by atoms with E-state index in [2.05, 4.69) is 104 Å². The van der Waals surface area contributed by atoms with Gasteiger partial charge in [0.2, 0.25) is 0 Å². The molecule has 26 heavy (non-hydrogen) atoms. The van der Waals surface area contributed by atoms with Gasteiger partial charge in [0.1, 0.15) is 0 Å². The molecule has 0 N–H and O–H groups in total.